The third kappa shape index (κ3) is 2.34. The summed E-state index contributed by atoms with van der Waals surface area (Å²) in [5.41, 5.74) is 2.23. The third-order valence-electron chi connectivity index (χ3n) is 3.27. The van der Waals surface area contributed by atoms with Crippen molar-refractivity contribution in [1.82, 2.24) is 9.97 Å². The summed E-state index contributed by atoms with van der Waals surface area (Å²) in [7, 11) is 0. The fourth-order valence-electron chi connectivity index (χ4n) is 2.15. The fourth-order valence-corrected chi connectivity index (χ4v) is 2.15. The lowest BCUT2D eigenvalue weighted by atomic mass is 10.0. The molecule has 3 aromatic rings. The lowest BCUT2D eigenvalue weighted by molar-refractivity contribution is 0.775. The van der Waals surface area contributed by atoms with E-state index in [0.29, 0.717) is 5.92 Å². The largest absolute Gasteiger partial charge is 0.240 e. The highest BCUT2D eigenvalue weighted by atomic mass is 14.9. The molecule has 0 aliphatic rings. The van der Waals surface area contributed by atoms with Gasteiger partial charge in [0, 0.05) is 23.9 Å². The zero-order valence-electron chi connectivity index (χ0n) is 11.2. The minimum Gasteiger partial charge on any atom is -0.240 e. The van der Waals surface area contributed by atoms with Crippen LogP contribution < -0.4 is 0 Å². The third-order valence-corrected chi connectivity index (χ3v) is 3.27. The molecule has 1 aromatic heterocycles. The second kappa shape index (κ2) is 4.81. The predicted octanol–water partition coefficient (Wildman–Crippen LogP) is 4.42. The molecule has 94 valence electrons. The van der Waals surface area contributed by atoms with E-state index in [0.717, 1.165) is 17.0 Å². The van der Waals surface area contributed by atoms with E-state index >= 15 is 0 Å². The fraction of sp³-hybridized carbons (Fsp3) is 0.176. The van der Waals surface area contributed by atoms with Crippen LogP contribution in [0.25, 0.3) is 21.9 Å². The molecule has 0 fully saturated rings. The Morgan fingerprint density at radius 1 is 0.789 bits per heavy atom. The summed E-state index contributed by atoms with van der Waals surface area (Å²) in [5, 5.41) is 2.50. The van der Waals surface area contributed by atoms with Crippen LogP contribution >= 0.6 is 0 Å². The Kier molecular flexibility index (Phi) is 3.00. The average Bonchev–Trinajstić information content (AvgIpc) is 2.47. The van der Waals surface area contributed by atoms with Crippen LogP contribution in [0.15, 0.2) is 54.9 Å². The van der Waals surface area contributed by atoms with Gasteiger partial charge in [0.15, 0.2) is 0 Å². The molecular weight excluding hydrogens is 232 g/mol. The molecule has 1 heterocycles. The molecule has 0 aliphatic carbocycles. The average molecular weight is 248 g/mol. The first-order chi connectivity index (χ1) is 9.24. The maximum Gasteiger partial charge on any atom is 0.130 e. The lowest BCUT2D eigenvalue weighted by Gasteiger charge is -2.06. The molecule has 0 radical (unpaired) electrons. The Bertz CT molecular complexity index is 700. The lowest BCUT2D eigenvalue weighted by Crippen LogP contribution is -1.96. The molecule has 0 N–H and O–H groups in total. The van der Waals surface area contributed by atoms with Crippen molar-refractivity contribution in [2.24, 2.45) is 0 Å². The summed E-state index contributed by atoms with van der Waals surface area (Å²) >= 11 is 0. The molecule has 0 amide bonds. The number of fused-ring (bicyclic) bond motifs is 1. The zero-order chi connectivity index (χ0) is 13.2. The van der Waals surface area contributed by atoms with Gasteiger partial charge in [-0.15, -0.1) is 0 Å². The maximum atomic E-state index is 4.42. The summed E-state index contributed by atoms with van der Waals surface area (Å²) in [4.78, 5) is 8.85. The smallest absolute Gasteiger partial charge is 0.130 e. The van der Waals surface area contributed by atoms with Gasteiger partial charge in [-0.05, 0) is 22.4 Å². The number of hydrogen-bond acceptors (Lipinski definition) is 2. The van der Waals surface area contributed by atoms with Crippen LogP contribution in [0, 0.1) is 0 Å². The predicted molar refractivity (Wildman–Crippen MR) is 79.1 cm³/mol. The standard InChI is InChI=1S/C17H16N2/c1-12(2)17-18-10-16(11-19-17)15-8-7-13-5-3-4-6-14(13)9-15/h3-12H,1-2H3. The topological polar surface area (TPSA) is 25.8 Å². The highest BCUT2D eigenvalue weighted by Gasteiger charge is 2.04. The molecule has 0 atom stereocenters. The van der Waals surface area contributed by atoms with Gasteiger partial charge in [-0.1, -0.05) is 50.2 Å². The van der Waals surface area contributed by atoms with Gasteiger partial charge in [0.2, 0.25) is 0 Å². The van der Waals surface area contributed by atoms with E-state index in [4.69, 9.17) is 0 Å². The van der Waals surface area contributed by atoms with Crippen molar-refractivity contribution < 1.29 is 0 Å². The number of rotatable bonds is 2. The van der Waals surface area contributed by atoms with Gasteiger partial charge in [0.05, 0.1) is 0 Å². The van der Waals surface area contributed by atoms with Crippen LogP contribution in [0.5, 0.6) is 0 Å². The van der Waals surface area contributed by atoms with Crippen molar-refractivity contribution >= 4 is 10.8 Å². The Balaban J connectivity index is 2.03. The molecule has 0 bridgehead atoms. The zero-order valence-corrected chi connectivity index (χ0v) is 11.2. The quantitative estimate of drug-likeness (QED) is 0.671. The van der Waals surface area contributed by atoms with E-state index in [2.05, 4.69) is 66.3 Å². The van der Waals surface area contributed by atoms with Crippen LogP contribution in [0.2, 0.25) is 0 Å². The van der Waals surface area contributed by atoms with Crippen molar-refractivity contribution in [1.29, 1.82) is 0 Å². The van der Waals surface area contributed by atoms with Crippen LogP contribution in [0.1, 0.15) is 25.6 Å². The van der Waals surface area contributed by atoms with E-state index in [1.54, 1.807) is 0 Å². The normalized spacial score (nSPS) is 11.1. The molecular formula is C17H16N2. The molecule has 3 rings (SSSR count). The minimum absolute atomic E-state index is 0.366. The van der Waals surface area contributed by atoms with Crippen LogP contribution in [-0.2, 0) is 0 Å². The first-order valence-corrected chi connectivity index (χ1v) is 6.55. The molecule has 0 saturated heterocycles. The summed E-state index contributed by atoms with van der Waals surface area (Å²) in [6.45, 7) is 4.20. The number of aromatic nitrogens is 2. The Labute approximate surface area is 113 Å². The van der Waals surface area contributed by atoms with Crippen molar-refractivity contribution in [2.75, 3.05) is 0 Å². The minimum atomic E-state index is 0.366. The first kappa shape index (κ1) is 11.8. The van der Waals surface area contributed by atoms with E-state index in [1.807, 2.05) is 12.4 Å². The SMILES string of the molecule is CC(C)c1ncc(-c2ccc3ccccc3c2)cn1. The monoisotopic (exact) mass is 248 g/mol. The number of hydrogen-bond donors (Lipinski definition) is 0. The summed E-state index contributed by atoms with van der Waals surface area (Å²) in [5.74, 6) is 1.26. The van der Waals surface area contributed by atoms with Gasteiger partial charge in [-0.25, -0.2) is 9.97 Å². The highest BCUT2D eigenvalue weighted by Crippen LogP contribution is 2.23. The van der Waals surface area contributed by atoms with Crippen LogP contribution in [0.4, 0.5) is 0 Å². The second-order valence-corrected chi connectivity index (χ2v) is 5.05. The van der Waals surface area contributed by atoms with Crippen molar-refractivity contribution in [2.45, 2.75) is 19.8 Å². The molecule has 2 nitrogen and oxygen atoms in total. The maximum absolute atomic E-state index is 4.42. The summed E-state index contributed by atoms with van der Waals surface area (Å²) in [6, 6.07) is 14.8. The highest BCUT2D eigenvalue weighted by molar-refractivity contribution is 5.87. The first-order valence-electron chi connectivity index (χ1n) is 6.55. The van der Waals surface area contributed by atoms with Gasteiger partial charge in [0.1, 0.15) is 5.82 Å². The van der Waals surface area contributed by atoms with E-state index < -0.39 is 0 Å². The Morgan fingerprint density at radius 2 is 1.47 bits per heavy atom. The van der Waals surface area contributed by atoms with Gasteiger partial charge in [-0.3, -0.25) is 0 Å². The molecule has 2 heteroatoms. The van der Waals surface area contributed by atoms with Crippen molar-refractivity contribution in [3.63, 3.8) is 0 Å². The van der Waals surface area contributed by atoms with Gasteiger partial charge < -0.3 is 0 Å². The van der Waals surface area contributed by atoms with Crippen molar-refractivity contribution in [3.05, 3.63) is 60.7 Å². The molecule has 0 saturated carbocycles. The Hall–Kier alpha value is -2.22. The van der Waals surface area contributed by atoms with Crippen molar-refractivity contribution in [3.8, 4) is 11.1 Å². The van der Waals surface area contributed by atoms with Gasteiger partial charge >= 0.3 is 0 Å². The van der Waals surface area contributed by atoms with Crippen LogP contribution in [-0.4, -0.2) is 9.97 Å². The molecule has 0 unspecified atom stereocenters. The second-order valence-electron chi connectivity index (χ2n) is 5.05. The van der Waals surface area contributed by atoms with E-state index in [9.17, 15) is 0 Å². The van der Waals surface area contributed by atoms with Gasteiger partial charge in [0.25, 0.3) is 0 Å². The van der Waals surface area contributed by atoms with E-state index in [1.165, 1.54) is 10.8 Å². The summed E-state index contributed by atoms with van der Waals surface area (Å²) < 4.78 is 0. The molecule has 19 heavy (non-hydrogen) atoms. The van der Waals surface area contributed by atoms with Gasteiger partial charge in [-0.2, -0.15) is 0 Å². The Morgan fingerprint density at radius 3 is 2.16 bits per heavy atom. The van der Waals surface area contributed by atoms with Crippen LogP contribution in [0.3, 0.4) is 0 Å². The number of benzene rings is 2. The summed E-state index contributed by atoms with van der Waals surface area (Å²) in [6.07, 6.45) is 3.82. The molecule has 2 aromatic carbocycles. The molecule has 0 spiro atoms. The number of nitrogens with zero attached hydrogens (tertiary/aromatic N) is 2. The molecule has 0 aliphatic heterocycles. The van der Waals surface area contributed by atoms with E-state index in [-0.39, 0.29) is 0 Å².